The van der Waals surface area contributed by atoms with E-state index in [1.807, 2.05) is 0 Å². The van der Waals surface area contributed by atoms with Crippen molar-refractivity contribution in [2.24, 2.45) is 0 Å². The smallest absolute Gasteiger partial charge is 0.0129 e. The van der Waals surface area contributed by atoms with Gasteiger partial charge in [-0.2, -0.15) is 0 Å². The fourth-order valence-corrected chi connectivity index (χ4v) is 0. The topological polar surface area (TPSA) is 0 Å². The molecule has 0 bridgehead atoms. The molecule has 0 saturated carbocycles. The van der Waals surface area contributed by atoms with E-state index in [9.17, 15) is 0 Å². The molecule has 0 fully saturated rings. The van der Waals surface area contributed by atoms with Crippen LogP contribution in [0.2, 0.25) is 0 Å². The zero-order valence-corrected chi connectivity index (χ0v) is 6.65. The molecular formula is C2H4Br2Ni. The van der Waals surface area contributed by atoms with E-state index in [2.05, 4.69) is 31.9 Å². The van der Waals surface area contributed by atoms with Gasteiger partial charge in [0.05, 0.1) is 0 Å². The van der Waals surface area contributed by atoms with Crippen molar-refractivity contribution in [1.29, 1.82) is 0 Å². The van der Waals surface area contributed by atoms with Gasteiger partial charge in [-0.15, -0.1) is 0 Å². The second-order valence-electron chi connectivity index (χ2n) is 0.378. The van der Waals surface area contributed by atoms with E-state index in [1.165, 1.54) is 0 Å². The maximum atomic E-state index is 3.20. The van der Waals surface area contributed by atoms with Crippen molar-refractivity contribution in [3.8, 4) is 0 Å². The molecule has 0 spiro atoms. The fraction of sp³-hybridized carbons (Fsp3) is 1.00. The Labute approximate surface area is 58.9 Å². The van der Waals surface area contributed by atoms with Crippen molar-refractivity contribution in [2.75, 3.05) is 10.7 Å². The van der Waals surface area contributed by atoms with Crippen molar-refractivity contribution in [2.45, 2.75) is 0 Å². The van der Waals surface area contributed by atoms with Gasteiger partial charge in [-0.05, 0) is 0 Å². The van der Waals surface area contributed by atoms with E-state index in [-0.39, 0.29) is 16.5 Å². The molecule has 0 rings (SSSR count). The molecule has 5 heavy (non-hydrogen) atoms. The summed E-state index contributed by atoms with van der Waals surface area (Å²) in [7, 11) is 0. The van der Waals surface area contributed by atoms with Crippen molar-refractivity contribution < 1.29 is 16.5 Å². The van der Waals surface area contributed by atoms with Crippen LogP contribution < -0.4 is 0 Å². The maximum absolute atomic E-state index is 3.20. The summed E-state index contributed by atoms with van der Waals surface area (Å²) in [5, 5.41) is 2.10. The van der Waals surface area contributed by atoms with E-state index in [4.69, 9.17) is 0 Å². The third kappa shape index (κ3) is 10.8. The first-order valence-electron chi connectivity index (χ1n) is 1.03. The van der Waals surface area contributed by atoms with Crippen LogP contribution in [0.1, 0.15) is 0 Å². The minimum Gasteiger partial charge on any atom is -0.0919 e. The van der Waals surface area contributed by atoms with E-state index in [0.29, 0.717) is 0 Å². The van der Waals surface area contributed by atoms with Gasteiger partial charge < -0.3 is 0 Å². The Kier molecular flexibility index (Phi) is 17.6. The third-order valence-electron chi connectivity index (χ3n) is 0.0714. The van der Waals surface area contributed by atoms with Gasteiger partial charge in [-0.25, -0.2) is 0 Å². The predicted octanol–water partition coefficient (Wildman–Crippen LogP) is 1.77. The van der Waals surface area contributed by atoms with Gasteiger partial charge in [0.1, 0.15) is 0 Å². The van der Waals surface area contributed by atoms with E-state index in [1.54, 1.807) is 0 Å². The summed E-state index contributed by atoms with van der Waals surface area (Å²) in [6, 6.07) is 0. The molecule has 3 heteroatoms. The molecule has 0 aliphatic heterocycles. The summed E-state index contributed by atoms with van der Waals surface area (Å²) >= 11 is 6.40. The molecule has 0 saturated heterocycles. The van der Waals surface area contributed by atoms with Crippen LogP contribution in [-0.4, -0.2) is 10.7 Å². The van der Waals surface area contributed by atoms with Gasteiger partial charge in [-0.3, -0.25) is 0 Å². The van der Waals surface area contributed by atoms with Crippen LogP contribution in [-0.2, 0) is 16.5 Å². The second-order valence-corrected chi connectivity index (χ2v) is 1.96. The number of hydrogen-bond donors (Lipinski definition) is 0. The van der Waals surface area contributed by atoms with E-state index >= 15 is 0 Å². The van der Waals surface area contributed by atoms with Crippen LogP contribution in [0.3, 0.4) is 0 Å². The minimum absolute atomic E-state index is 0. The Morgan fingerprint density at radius 1 is 1.00 bits per heavy atom. The molecular weight excluding hydrogens is 243 g/mol. The average Bonchev–Trinajstić information content (AvgIpc) is 1.37. The van der Waals surface area contributed by atoms with E-state index in [0.717, 1.165) is 10.7 Å². The predicted molar refractivity (Wildman–Crippen MR) is 27.6 cm³/mol. The quantitative estimate of drug-likeness (QED) is 0.489. The van der Waals surface area contributed by atoms with Gasteiger partial charge in [0, 0.05) is 27.2 Å². The number of hydrogen-bond acceptors (Lipinski definition) is 0. The van der Waals surface area contributed by atoms with Crippen LogP contribution in [0.25, 0.3) is 0 Å². The minimum atomic E-state index is 0. The largest absolute Gasteiger partial charge is 0.0919 e. The molecule has 0 aromatic heterocycles. The Hall–Kier alpha value is 1.45. The first kappa shape index (κ1) is 9.68. The second kappa shape index (κ2) is 9.07. The van der Waals surface area contributed by atoms with Crippen molar-refractivity contribution in [3.05, 3.63) is 0 Å². The molecule has 0 amide bonds. The molecule has 0 aromatic carbocycles. The van der Waals surface area contributed by atoms with Crippen molar-refractivity contribution >= 4 is 31.9 Å². The Morgan fingerprint density at radius 3 is 1.20 bits per heavy atom. The van der Waals surface area contributed by atoms with Crippen molar-refractivity contribution in [1.82, 2.24) is 0 Å². The van der Waals surface area contributed by atoms with Gasteiger partial charge >= 0.3 is 0 Å². The maximum Gasteiger partial charge on any atom is 0.0129 e. The summed E-state index contributed by atoms with van der Waals surface area (Å²) in [4.78, 5) is 0. The van der Waals surface area contributed by atoms with Gasteiger partial charge in [0.15, 0.2) is 0 Å². The third-order valence-corrected chi connectivity index (χ3v) is 1.93. The normalized spacial score (nSPS) is 6.00. The number of halogens is 2. The zero-order valence-electron chi connectivity index (χ0n) is 2.49. The Balaban J connectivity index is 0. The average molecular weight is 247 g/mol. The molecule has 0 unspecified atom stereocenters. The summed E-state index contributed by atoms with van der Waals surface area (Å²) in [5.41, 5.74) is 0. The molecule has 0 nitrogen and oxygen atoms in total. The molecule has 0 N–H and O–H groups in total. The van der Waals surface area contributed by atoms with Gasteiger partial charge in [0.2, 0.25) is 0 Å². The van der Waals surface area contributed by atoms with Crippen LogP contribution in [0.5, 0.6) is 0 Å². The van der Waals surface area contributed by atoms with E-state index < -0.39 is 0 Å². The van der Waals surface area contributed by atoms with Crippen LogP contribution in [0, 0.1) is 0 Å². The molecule has 0 heterocycles. The first-order valence-corrected chi connectivity index (χ1v) is 3.28. The molecule has 0 aliphatic carbocycles. The Morgan fingerprint density at radius 2 is 1.20 bits per heavy atom. The number of rotatable bonds is 1. The zero-order chi connectivity index (χ0) is 3.41. The van der Waals surface area contributed by atoms with Gasteiger partial charge in [-0.1, -0.05) is 31.9 Å². The molecule has 0 atom stereocenters. The molecule has 36 valence electrons. The Bertz CT molecular complexity index is 9.61. The van der Waals surface area contributed by atoms with Crippen LogP contribution >= 0.6 is 31.9 Å². The SMILES string of the molecule is BrCCBr.[Ni]. The molecule has 0 aromatic rings. The standard InChI is InChI=1S/C2H4Br2.Ni/c3-1-2-4;/h1-2H2;. The first-order chi connectivity index (χ1) is 1.91. The molecule has 0 aliphatic rings. The molecule has 0 radical (unpaired) electrons. The van der Waals surface area contributed by atoms with Gasteiger partial charge in [0.25, 0.3) is 0 Å². The van der Waals surface area contributed by atoms with Crippen LogP contribution in [0.4, 0.5) is 0 Å². The fourth-order valence-electron chi connectivity index (χ4n) is 0. The summed E-state index contributed by atoms with van der Waals surface area (Å²) in [5.74, 6) is 0. The van der Waals surface area contributed by atoms with Crippen LogP contribution in [0.15, 0.2) is 0 Å². The summed E-state index contributed by atoms with van der Waals surface area (Å²) in [6.07, 6.45) is 0. The summed E-state index contributed by atoms with van der Waals surface area (Å²) < 4.78 is 0. The van der Waals surface area contributed by atoms with Crippen molar-refractivity contribution in [3.63, 3.8) is 0 Å². The number of alkyl halides is 2. The monoisotopic (exact) mass is 244 g/mol. The summed E-state index contributed by atoms with van der Waals surface area (Å²) in [6.45, 7) is 0.